The van der Waals surface area contributed by atoms with Gasteiger partial charge >= 0.3 is 0 Å². The van der Waals surface area contributed by atoms with Crippen LogP contribution in [0.3, 0.4) is 0 Å². The van der Waals surface area contributed by atoms with Gasteiger partial charge in [-0.25, -0.2) is 0 Å². The smallest absolute Gasteiger partial charge is 0.0274 e. The zero-order valence-corrected chi connectivity index (χ0v) is 11.2. The molecule has 0 aromatic carbocycles. The zero-order valence-electron chi connectivity index (χ0n) is 11.2. The highest BCUT2D eigenvalue weighted by Gasteiger charge is 2.14. The lowest BCUT2D eigenvalue weighted by Gasteiger charge is -2.22. The van der Waals surface area contributed by atoms with Gasteiger partial charge in [0.05, 0.1) is 0 Å². The monoisotopic (exact) mass is 196 g/mol. The number of hydrogen-bond acceptors (Lipinski definition) is 0. The van der Waals surface area contributed by atoms with Crippen LogP contribution in [-0.2, 0) is 0 Å². The van der Waals surface area contributed by atoms with Crippen LogP contribution in [0.15, 0.2) is 11.6 Å². The molecule has 0 fully saturated rings. The van der Waals surface area contributed by atoms with Crippen molar-refractivity contribution in [2.24, 2.45) is 10.8 Å². The standard InChI is InChI=1S/C14H28/c1-8-14(6,7)10-9-12(2)11-13(3,4)5/h9H,8,10-11H2,1-7H3/b12-9+. The normalized spacial score (nSPS) is 14.6. The van der Waals surface area contributed by atoms with E-state index in [-0.39, 0.29) is 0 Å². The molecule has 0 saturated carbocycles. The van der Waals surface area contributed by atoms with Crippen molar-refractivity contribution in [1.29, 1.82) is 0 Å². The van der Waals surface area contributed by atoms with Crippen LogP contribution in [0, 0.1) is 10.8 Å². The van der Waals surface area contributed by atoms with Crippen LogP contribution in [0.2, 0.25) is 0 Å². The van der Waals surface area contributed by atoms with Gasteiger partial charge in [-0.15, -0.1) is 0 Å². The van der Waals surface area contributed by atoms with Crippen molar-refractivity contribution >= 4 is 0 Å². The first-order valence-corrected chi connectivity index (χ1v) is 5.82. The molecule has 0 spiro atoms. The highest BCUT2D eigenvalue weighted by molar-refractivity contribution is 5.02. The third kappa shape index (κ3) is 7.17. The predicted molar refractivity (Wildman–Crippen MR) is 66.5 cm³/mol. The van der Waals surface area contributed by atoms with Crippen LogP contribution in [0.4, 0.5) is 0 Å². The van der Waals surface area contributed by atoms with E-state index in [1.807, 2.05) is 0 Å². The van der Waals surface area contributed by atoms with Crippen LogP contribution < -0.4 is 0 Å². The largest absolute Gasteiger partial charge is 0.0851 e. The van der Waals surface area contributed by atoms with Crippen LogP contribution in [0.1, 0.15) is 67.7 Å². The van der Waals surface area contributed by atoms with Gasteiger partial charge < -0.3 is 0 Å². The van der Waals surface area contributed by atoms with Crippen LogP contribution in [-0.4, -0.2) is 0 Å². The van der Waals surface area contributed by atoms with E-state index in [0.29, 0.717) is 10.8 Å². The molecule has 0 aliphatic rings. The van der Waals surface area contributed by atoms with Crippen molar-refractivity contribution in [3.63, 3.8) is 0 Å². The molecular weight excluding hydrogens is 168 g/mol. The molecule has 0 saturated heterocycles. The van der Waals surface area contributed by atoms with E-state index in [4.69, 9.17) is 0 Å². The lowest BCUT2D eigenvalue weighted by atomic mass is 9.83. The molecule has 0 bridgehead atoms. The van der Waals surface area contributed by atoms with E-state index >= 15 is 0 Å². The summed E-state index contributed by atoms with van der Waals surface area (Å²) in [6.07, 6.45) is 6.11. The summed E-state index contributed by atoms with van der Waals surface area (Å²) in [6, 6.07) is 0. The summed E-state index contributed by atoms with van der Waals surface area (Å²) < 4.78 is 0. The van der Waals surface area contributed by atoms with Gasteiger partial charge in [0.25, 0.3) is 0 Å². The average Bonchev–Trinajstić information content (AvgIpc) is 1.98. The first-order chi connectivity index (χ1) is 6.16. The molecule has 0 rings (SSSR count). The van der Waals surface area contributed by atoms with Gasteiger partial charge in [0, 0.05) is 0 Å². The van der Waals surface area contributed by atoms with Gasteiger partial charge in [-0.2, -0.15) is 0 Å². The minimum Gasteiger partial charge on any atom is -0.0851 e. The van der Waals surface area contributed by atoms with Crippen molar-refractivity contribution in [1.82, 2.24) is 0 Å². The molecule has 0 nitrogen and oxygen atoms in total. The highest BCUT2D eigenvalue weighted by atomic mass is 14.2. The minimum atomic E-state index is 0.428. The summed E-state index contributed by atoms with van der Waals surface area (Å²) in [4.78, 5) is 0. The molecule has 0 aliphatic heterocycles. The first-order valence-electron chi connectivity index (χ1n) is 5.82. The summed E-state index contributed by atoms with van der Waals surface area (Å²) >= 11 is 0. The van der Waals surface area contributed by atoms with Crippen LogP contribution in [0.5, 0.6) is 0 Å². The molecule has 0 heterocycles. The van der Waals surface area contributed by atoms with E-state index in [2.05, 4.69) is 54.5 Å². The second kappa shape index (κ2) is 5.00. The highest BCUT2D eigenvalue weighted by Crippen LogP contribution is 2.28. The number of hydrogen-bond donors (Lipinski definition) is 0. The Labute approximate surface area is 90.8 Å². The fourth-order valence-corrected chi connectivity index (χ4v) is 1.50. The van der Waals surface area contributed by atoms with Gasteiger partial charge in [-0.3, -0.25) is 0 Å². The summed E-state index contributed by atoms with van der Waals surface area (Å²) in [5.41, 5.74) is 2.44. The maximum absolute atomic E-state index is 2.43. The zero-order chi connectivity index (χ0) is 11.4. The third-order valence-corrected chi connectivity index (χ3v) is 2.77. The quantitative estimate of drug-likeness (QED) is 0.542. The summed E-state index contributed by atoms with van der Waals surface area (Å²) in [6.45, 7) is 16.1. The Morgan fingerprint density at radius 1 is 1.07 bits per heavy atom. The van der Waals surface area contributed by atoms with Gasteiger partial charge in [-0.05, 0) is 30.6 Å². The third-order valence-electron chi connectivity index (χ3n) is 2.77. The summed E-state index contributed by atoms with van der Waals surface area (Å²) in [7, 11) is 0. The first kappa shape index (κ1) is 13.7. The average molecular weight is 196 g/mol. The lowest BCUT2D eigenvalue weighted by molar-refractivity contribution is 0.353. The van der Waals surface area contributed by atoms with Crippen molar-refractivity contribution in [3.8, 4) is 0 Å². The van der Waals surface area contributed by atoms with Crippen molar-refractivity contribution in [2.45, 2.75) is 67.7 Å². The van der Waals surface area contributed by atoms with E-state index in [1.54, 1.807) is 5.57 Å². The number of allylic oxidation sites excluding steroid dienone is 2. The van der Waals surface area contributed by atoms with E-state index in [9.17, 15) is 0 Å². The molecule has 0 N–H and O–H groups in total. The van der Waals surface area contributed by atoms with Crippen molar-refractivity contribution in [3.05, 3.63) is 11.6 Å². The van der Waals surface area contributed by atoms with Gasteiger partial charge in [0.15, 0.2) is 0 Å². The van der Waals surface area contributed by atoms with Gasteiger partial charge in [-0.1, -0.05) is 59.6 Å². The molecule has 0 radical (unpaired) electrons. The fraction of sp³-hybridized carbons (Fsp3) is 0.857. The Kier molecular flexibility index (Phi) is 4.91. The molecule has 0 heteroatoms. The Balaban J connectivity index is 4.14. The second-order valence-electron chi connectivity index (χ2n) is 6.51. The van der Waals surface area contributed by atoms with Crippen LogP contribution >= 0.6 is 0 Å². The van der Waals surface area contributed by atoms with Gasteiger partial charge in [0.1, 0.15) is 0 Å². The molecule has 0 aromatic rings. The van der Waals surface area contributed by atoms with E-state index < -0.39 is 0 Å². The van der Waals surface area contributed by atoms with Crippen LogP contribution in [0.25, 0.3) is 0 Å². The molecule has 0 amide bonds. The molecule has 14 heavy (non-hydrogen) atoms. The maximum Gasteiger partial charge on any atom is -0.0274 e. The minimum absolute atomic E-state index is 0.428. The maximum atomic E-state index is 2.43. The lowest BCUT2D eigenvalue weighted by Crippen LogP contribution is -2.09. The molecule has 0 aliphatic carbocycles. The molecular formula is C14H28. The second-order valence-corrected chi connectivity index (χ2v) is 6.51. The topological polar surface area (TPSA) is 0 Å². The van der Waals surface area contributed by atoms with Crippen molar-refractivity contribution < 1.29 is 0 Å². The van der Waals surface area contributed by atoms with Crippen molar-refractivity contribution in [2.75, 3.05) is 0 Å². The molecule has 0 atom stereocenters. The summed E-state index contributed by atoms with van der Waals surface area (Å²) in [5, 5.41) is 0. The Bertz CT molecular complexity index is 189. The molecule has 0 unspecified atom stereocenters. The molecule has 84 valence electrons. The summed E-state index contributed by atoms with van der Waals surface area (Å²) in [5.74, 6) is 0. The van der Waals surface area contributed by atoms with Gasteiger partial charge in [0.2, 0.25) is 0 Å². The Hall–Kier alpha value is -0.260. The van der Waals surface area contributed by atoms with E-state index in [0.717, 1.165) is 0 Å². The van der Waals surface area contributed by atoms with E-state index in [1.165, 1.54) is 19.3 Å². The number of rotatable bonds is 4. The predicted octanol–water partition coefficient (Wildman–Crippen LogP) is 5.20. The Morgan fingerprint density at radius 2 is 1.57 bits per heavy atom. The SMILES string of the molecule is CCC(C)(C)C/C=C(\C)CC(C)(C)C. The fourth-order valence-electron chi connectivity index (χ4n) is 1.50. The molecule has 0 aromatic heterocycles. The Morgan fingerprint density at radius 3 is 1.93 bits per heavy atom.